The van der Waals surface area contributed by atoms with Crippen molar-refractivity contribution in [1.82, 2.24) is 16.0 Å². The zero-order chi connectivity index (χ0) is 24.8. The Balaban J connectivity index is 5.09. The number of hydrogen-bond donors (Lipinski definition) is 10. The highest BCUT2D eigenvalue weighted by Crippen LogP contribution is 2.01. The van der Waals surface area contributed by atoms with E-state index in [0.29, 0.717) is 6.42 Å². The van der Waals surface area contributed by atoms with Crippen molar-refractivity contribution in [2.45, 2.75) is 43.4 Å². The molecule has 0 aromatic rings. The number of nitrogens with zero attached hydrogens (tertiary/aromatic N) is 1. The first-order valence-electron chi connectivity index (χ1n) is 9.37. The Morgan fingerprint density at radius 1 is 0.906 bits per heavy atom. The summed E-state index contributed by atoms with van der Waals surface area (Å²) in [6, 6.07) is -5.43. The van der Waals surface area contributed by atoms with Crippen LogP contribution in [0.1, 0.15) is 19.3 Å². The SMILES string of the molecule is NC(=O)CC(NC(=O)C(N)CCCN=C(N)N)C(=O)NC(CS)C(=O)NC(CO)C(=O)O. The van der Waals surface area contributed by atoms with Crippen molar-refractivity contribution in [2.75, 3.05) is 18.9 Å². The largest absolute Gasteiger partial charge is 0.480 e. The second-order valence-corrected chi connectivity index (χ2v) is 6.98. The number of carboxylic acid groups (broad SMARTS) is 1. The molecule has 0 aromatic carbocycles. The van der Waals surface area contributed by atoms with Crippen LogP contribution < -0.4 is 38.9 Å². The molecule has 0 spiro atoms. The maximum Gasteiger partial charge on any atom is 0.328 e. The Kier molecular flexibility index (Phi) is 13.4. The van der Waals surface area contributed by atoms with Gasteiger partial charge in [-0.1, -0.05) is 0 Å². The number of nitrogens with one attached hydrogen (secondary N) is 3. The van der Waals surface area contributed by atoms with Gasteiger partial charge in [0.1, 0.15) is 18.1 Å². The molecule has 0 fully saturated rings. The van der Waals surface area contributed by atoms with Gasteiger partial charge in [-0.25, -0.2) is 4.79 Å². The molecule has 0 aliphatic heterocycles. The molecule has 15 nitrogen and oxygen atoms in total. The lowest BCUT2D eigenvalue weighted by Crippen LogP contribution is -2.58. The van der Waals surface area contributed by atoms with Crippen molar-refractivity contribution in [2.24, 2.45) is 27.9 Å². The van der Waals surface area contributed by atoms with Gasteiger partial charge in [-0.15, -0.1) is 0 Å². The van der Waals surface area contributed by atoms with E-state index in [9.17, 15) is 24.0 Å². The number of guanidine groups is 1. The van der Waals surface area contributed by atoms with Crippen LogP contribution in [0.3, 0.4) is 0 Å². The topological polar surface area (TPSA) is 278 Å². The standard InChI is InChI=1S/C16H30N8O7S/c17-7(2-1-3-21-16(19)20)12(27)22-8(4-11(18)26)13(28)24-10(6-32)14(29)23-9(5-25)15(30)31/h7-10,25,32H,1-6,17H2,(H2,18,26)(H,22,27)(H,23,29)(H,24,28)(H,30,31)(H4,19,20,21). The lowest BCUT2D eigenvalue weighted by atomic mass is 10.1. The van der Waals surface area contributed by atoms with Crippen molar-refractivity contribution >= 4 is 48.2 Å². The molecule has 0 aliphatic carbocycles. The van der Waals surface area contributed by atoms with E-state index in [0.717, 1.165) is 0 Å². The number of amides is 4. The van der Waals surface area contributed by atoms with Gasteiger partial charge < -0.3 is 49.1 Å². The fraction of sp³-hybridized carbons (Fsp3) is 0.625. The molecular weight excluding hydrogens is 448 g/mol. The molecule has 4 amide bonds. The molecule has 0 saturated carbocycles. The van der Waals surface area contributed by atoms with E-state index in [4.69, 9.17) is 33.1 Å². The highest BCUT2D eigenvalue weighted by molar-refractivity contribution is 7.80. The predicted molar refractivity (Wildman–Crippen MR) is 116 cm³/mol. The Morgan fingerprint density at radius 2 is 1.44 bits per heavy atom. The zero-order valence-corrected chi connectivity index (χ0v) is 18.1. The van der Waals surface area contributed by atoms with E-state index in [-0.39, 0.29) is 24.7 Å². The average molecular weight is 479 g/mol. The van der Waals surface area contributed by atoms with Gasteiger partial charge in [0.15, 0.2) is 5.96 Å². The van der Waals surface area contributed by atoms with Crippen LogP contribution >= 0.6 is 12.6 Å². The van der Waals surface area contributed by atoms with Gasteiger partial charge in [0.25, 0.3) is 0 Å². The first kappa shape index (κ1) is 28.9. The van der Waals surface area contributed by atoms with Crippen LogP contribution in [0.15, 0.2) is 4.99 Å². The van der Waals surface area contributed by atoms with Crippen LogP contribution in [-0.4, -0.2) is 88.8 Å². The molecule has 4 unspecified atom stereocenters. The van der Waals surface area contributed by atoms with E-state index >= 15 is 0 Å². The van der Waals surface area contributed by atoms with Gasteiger partial charge in [0.05, 0.1) is 19.1 Å². The first-order valence-corrected chi connectivity index (χ1v) is 10.0. The van der Waals surface area contributed by atoms with E-state index in [1.54, 1.807) is 0 Å². The summed E-state index contributed by atoms with van der Waals surface area (Å²) in [5.41, 5.74) is 21.3. The number of carbonyl (C=O) groups excluding carboxylic acids is 4. The van der Waals surface area contributed by atoms with Gasteiger partial charge in [0, 0.05) is 12.3 Å². The normalized spacial score (nSPS) is 14.2. The van der Waals surface area contributed by atoms with Crippen LogP contribution in [0.4, 0.5) is 0 Å². The summed E-state index contributed by atoms with van der Waals surface area (Å²) in [5, 5.41) is 24.4. The minimum absolute atomic E-state index is 0.113. The summed E-state index contributed by atoms with van der Waals surface area (Å²) in [6.07, 6.45) is -0.0444. The Labute approximate surface area is 189 Å². The van der Waals surface area contributed by atoms with E-state index in [1.165, 1.54) is 0 Å². The fourth-order valence-electron chi connectivity index (χ4n) is 2.26. The Hall–Kier alpha value is -3.11. The molecule has 32 heavy (non-hydrogen) atoms. The minimum atomic E-state index is -1.60. The number of aliphatic imine (C=N–C) groups is 1. The number of aliphatic hydroxyl groups excluding tert-OH is 1. The van der Waals surface area contributed by atoms with Crippen LogP contribution in [0.25, 0.3) is 0 Å². The third kappa shape index (κ3) is 11.3. The fourth-order valence-corrected chi connectivity index (χ4v) is 2.52. The van der Waals surface area contributed by atoms with Gasteiger partial charge >= 0.3 is 5.97 Å². The van der Waals surface area contributed by atoms with Crippen LogP contribution in [0.5, 0.6) is 0 Å². The van der Waals surface area contributed by atoms with E-state index < -0.39 is 66.8 Å². The van der Waals surface area contributed by atoms with Crippen molar-refractivity contribution in [3.63, 3.8) is 0 Å². The third-order valence-corrected chi connectivity index (χ3v) is 4.32. The number of aliphatic carboxylic acids is 1. The number of carbonyl (C=O) groups is 5. The predicted octanol–water partition coefficient (Wildman–Crippen LogP) is -5.30. The van der Waals surface area contributed by atoms with Crippen molar-refractivity contribution in [3.8, 4) is 0 Å². The minimum Gasteiger partial charge on any atom is -0.480 e. The third-order valence-electron chi connectivity index (χ3n) is 3.96. The number of nitrogens with two attached hydrogens (primary N) is 4. The van der Waals surface area contributed by atoms with Crippen molar-refractivity contribution in [1.29, 1.82) is 0 Å². The molecule has 0 heterocycles. The van der Waals surface area contributed by atoms with E-state index in [2.05, 4.69) is 28.3 Å². The highest BCUT2D eigenvalue weighted by Gasteiger charge is 2.30. The van der Waals surface area contributed by atoms with Crippen molar-refractivity contribution in [3.05, 3.63) is 0 Å². The first-order chi connectivity index (χ1) is 14.9. The van der Waals surface area contributed by atoms with Gasteiger partial charge in [0.2, 0.25) is 23.6 Å². The van der Waals surface area contributed by atoms with Crippen LogP contribution in [0.2, 0.25) is 0 Å². The van der Waals surface area contributed by atoms with Gasteiger partial charge in [-0.2, -0.15) is 12.6 Å². The van der Waals surface area contributed by atoms with Crippen LogP contribution in [0, 0.1) is 0 Å². The Bertz CT molecular complexity index is 717. The lowest BCUT2D eigenvalue weighted by Gasteiger charge is -2.23. The number of hydrogen-bond acceptors (Lipinski definition) is 9. The lowest BCUT2D eigenvalue weighted by molar-refractivity contribution is -0.143. The molecular formula is C16H30N8O7S. The number of thiol groups is 1. The summed E-state index contributed by atoms with van der Waals surface area (Å²) in [4.78, 5) is 63.0. The molecule has 4 atom stereocenters. The average Bonchev–Trinajstić information content (AvgIpc) is 2.71. The summed E-state index contributed by atoms with van der Waals surface area (Å²) < 4.78 is 0. The molecule has 182 valence electrons. The quantitative estimate of drug-likeness (QED) is 0.0461. The molecule has 0 aliphatic rings. The summed E-state index contributed by atoms with van der Waals surface area (Å²) in [6.45, 7) is -0.645. The maximum atomic E-state index is 12.5. The second kappa shape index (κ2) is 14.8. The summed E-state index contributed by atoms with van der Waals surface area (Å²) >= 11 is 3.92. The van der Waals surface area contributed by atoms with Gasteiger partial charge in [-0.05, 0) is 12.8 Å². The monoisotopic (exact) mass is 478 g/mol. The molecule has 0 saturated heterocycles. The summed E-state index contributed by atoms with van der Waals surface area (Å²) in [7, 11) is 0. The molecule has 0 rings (SSSR count). The van der Waals surface area contributed by atoms with Crippen LogP contribution in [-0.2, 0) is 24.0 Å². The molecule has 16 heteroatoms. The zero-order valence-electron chi connectivity index (χ0n) is 17.2. The van der Waals surface area contributed by atoms with Crippen molar-refractivity contribution < 1.29 is 34.2 Å². The maximum absolute atomic E-state index is 12.5. The molecule has 13 N–H and O–H groups in total. The Morgan fingerprint density at radius 3 is 1.91 bits per heavy atom. The van der Waals surface area contributed by atoms with Gasteiger partial charge in [-0.3, -0.25) is 24.2 Å². The molecule has 0 radical (unpaired) electrons. The number of rotatable bonds is 15. The van der Waals surface area contributed by atoms with E-state index in [1.807, 2.05) is 5.32 Å². The highest BCUT2D eigenvalue weighted by atomic mass is 32.1. The number of aliphatic hydroxyl groups is 1. The summed E-state index contributed by atoms with van der Waals surface area (Å²) in [5.74, 6) is -5.42. The molecule has 0 aromatic heterocycles. The molecule has 0 bridgehead atoms. The second-order valence-electron chi connectivity index (χ2n) is 6.61. The smallest absolute Gasteiger partial charge is 0.328 e. The number of carboxylic acids is 1. The number of primary amides is 1.